The van der Waals surface area contributed by atoms with Crippen molar-refractivity contribution in [1.29, 1.82) is 0 Å². The quantitative estimate of drug-likeness (QED) is 0.594. The number of carbonyl (C=O) groups excluding carboxylic acids is 2. The Morgan fingerprint density at radius 3 is 2.21 bits per heavy atom. The Morgan fingerprint density at radius 2 is 1.74 bits per heavy atom. The predicted octanol–water partition coefficient (Wildman–Crippen LogP) is 3.03. The second kappa shape index (κ2) is 7.38. The average Bonchev–Trinajstić information content (AvgIpc) is 2.40. The highest BCUT2D eigenvalue weighted by Crippen LogP contribution is 2.15. The molecule has 1 aromatic carbocycles. The topological polar surface area (TPSA) is 37.4 Å². The summed E-state index contributed by atoms with van der Waals surface area (Å²) in [7, 11) is 0. The maximum atomic E-state index is 12.8. The van der Waals surface area contributed by atoms with E-state index >= 15 is 0 Å². The van der Waals surface area contributed by atoms with Gasteiger partial charge >= 0.3 is 0 Å². The highest BCUT2D eigenvalue weighted by atomic mass is 79.9. The van der Waals surface area contributed by atoms with Gasteiger partial charge in [-0.3, -0.25) is 9.59 Å². The van der Waals surface area contributed by atoms with E-state index < -0.39 is 4.83 Å². The molecule has 0 spiro atoms. The number of hydrogen-bond acceptors (Lipinski definition) is 2. The minimum Gasteiger partial charge on any atom is -0.343 e. The van der Waals surface area contributed by atoms with Crippen LogP contribution in [0.4, 0.5) is 4.39 Å². The van der Waals surface area contributed by atoms with Crippen molar-refractivity contribution in [2.24, 2.45) is 0 Å². The molecule has 1 unspecified atom stereocenters. The molecule has 0 N–H and O–H groups in total. The first kappa shape index (κ1) is 15.8. The molecular weight excluding hydrogens is 313 g/mol. The summed E-state index contributed by atoms with van der Waals surface area (Å²) in [5.74, 6) is -0.662. The maximum absolute atomic E-state index is 12.8. The zero-order chi connectivity index (χ0) is 14.4. The Balaban J connectivity index is 2.67. The number of benzene rings is 1. The van der Waals surface area contributed by atoms with Crippen molar-refractivity contribution in [3.8, 4) is 0 Å². The molecule has 0 aliphatic carbocycles. The summed E-state index contributed by atoms with van der Waals surface area (Å²) in [5, 5.41) is 0. The van der Waals surface area contributed by atoms with Crippen molar-refractivity contribution in [3.63, 3.8) is 0 Å². The van der Waals surface area contributed by atoms with Crippen molar-refractivity contribution < 1.29 is 14.0 Å². The van der Waals surface area contributed by atoms with Crippen LogP contribution in [0.25, 0.3) is 0 Å². The van der Waals surface area contributed by atoms with E-state index in [-0.39, 0.29) is 23.9 Å². The molecule has 104 valence electrons. The molecule has 1 rings (SSSR count). The molecule has 0 saturated heterocycles. The predicted molar refractivity (Wildman–Crippen MR) is 76.0 cm³/mol. The molecule has 0 fully saturated rings. The van der Waals surface area contributed by atoms with Gasteiger partial charge in [-0.2, -0.15) is 0 Å². The van der Waals surface area contributed by atoms with E-state index in [9.17, 15) is 14.0 Å². The lowest BCUT2D eigenvalue weighted by Crippen LogP contribution is -2.33. The largest absolute Gasteiger partial charge is 0.343 e. The van der Waals surface area contributed by atoms with Crippen molar-refractivity contribution in [3.05, 3.63) is 35.6 Å². The average molecular weight is 330 g/mol. The summed E-state index contributed by atoms with van der Waals surface area (Å²) in [4.78, 5) is 25.0. The molecule has 0 radical (unpaired) electrons. The van der Waals surface area contributed by atoms with E-state index in [1.165, 1.54) is 24.3 Å². The van der Waals surface area contributed by atoms with Gasteiger partial charge in [-0.1, -0.05) is 15.9 Å². The van der Waals surface area contributed by atoms with Crippen molar-refractivity contribution >= 4 is 27.6 Å². The Kier molecular flexibility index (Phi) is 6.15. The molecule has 0 bridgehead atoms. The number of hydrogen-bond donors (Lipinski definition) is 0. The van der Waals surface area contributed by atoms with Gasteiger partial charge in [-0.15, -0.1) is 0 Å². The number of carbonyl (C=O) groups is 2. The SMILES string of the molecule is CCN(CC)C(=O)CC(Br)C(=O)c1ccc(F)cc1. The first-order valence-electron chi connectivity index (χ1n) is 6.21. The third-order valence-electron chi connectivity index (χ3n) is 2.88. The summed E-state index contributed by atoms with van der Waals surface area (Å²) in [6.07, 6.45) is 0.109. The molecule has 0 aromatic heterocycles. The van der Waals surface area contributed by atoms with E-state index in [1.54, 1.807) is 4.90 Å². The smallest absolute Gasteiger partial charge is 0.224 e. The van der Waals surface area contributed by atoms with E-state index in [1.807, 2.05) is 13.8 Å². The van der Waals surface area contributed by atoms with Crippen LogP contribution in [0.5, 0.6) is 0 Å². The van der Waals surface area contributed by atoms with Gasteiger partial charge < -0.3 is 4.90 Å². The molecular formula is C14H17BrFNO2. The molecule has 3 nitrogen and oxygen atoms in total. The number of halogens is 2. The standard InChI is InChI=1S/C14H17BrFNO2/c1-3-17(4-2)13(18)9-12(15)14(19)10-5-7-11(16)8-6-10/h5-8,12H,3-4,9H2,1-2H3. The van der Waals surface area contributed by atoms with Gasteiger partial charge in [0.1, 0.15) is 5.82 Å². The van der Waals surface area contributed by atoms with E-state index in [0.717, 1.165) is 0 Å². The number of rotatable bonds is 6. The first-order valence-corrected chi connectivity index (χ1v) is 7.12. The highest BCUT2D eigenvalue weighted by molar-refractivity contribution is 9.10. The lowest BCUT2D eigenvalue weighted by Gasteiger charge is -2.20. The normalized spacial score (nSPS) is 12.0. The second-order valence-electron chi connectivity index (χ2n) is 4.11. The van der Waals surface area contributed by atoms with Gasteiger partial charge in [0, 0.05) is 25.1 Å². The fraction of sp³-hybridized carbons (Fsp3) is 0.429. The number of amides is 1. The van der Waals surface area contributed by atoms with Gasteiger partial charge in [0.25, 0.3) is 0 Å². The van der Waals surface area contributed by atoms with Crippen LogP contribution in [-0.2, 0) is 4.79 Å². The molecule has 0 aliphatic rings. The number of Topliss-reactive ketones (excluding diaryl/α,β-unsaturated/α-hetero) is 1. The third kappa shape index (κ3) is 4.42. The summed E-state index contributed by atoms with van der Waals surface area (Å²) >= 11 is 3.24. The van der Waals surface area contributed by atoms with Crippen LogP contribution in [0.3, 0.4) is 0 Å². The lowest BCUT2D eigenvalue weighted by molar-refractivity contribution is -0.130. The number of ketones is 1. The number of alkyl halides is 1. The van der Waals surface area contributed by atoms with Crippen LogP contribution >= 0.6 is 15.9 Å². The minimum atomic E-state index is -0.578. The van der Waals surface area contributed by atoms with Gasteiger partial charge in [0.15, 0.2) is 5.78 Å². The van der Waals surface area contributed by atoms with Gasteiger partial charge in [0.05, 0.1) is 4.83 Å². The minimum absolute atomic E-state index is 0.0673. The molecule has 1 aromatic rings. The van der Waals surface area contributed by atoms with E-state index in [2.05, 4.69) is 15.9 Å². The summed E-state index contributed by atoms with van der Waals surface area (Å²) in [5.41, 5.74) is 0.399. The number of nitrogens with zero attached hydrogens (tertiary/aromatic N) is 1. The lowest BCUT2D eigenvalue weighted by atomic mass is 10.1. The van der Waals surface area contributed by atoms with Crippen molar-refractivity contribution in [2.45, 2.75) is 25.1 Å². The highest BCUT2D eigenvalue weighted by Gasteiger charge is 2.22. The van der Waals surface area contributed by atoms with Crippen molar-refractivity contribution in [2.75, 3.05) is 13.1 Å². The van der Waals surface area contributed by atoms with Crippen molar-refractivity contribution in [1.82, 2.24) is 4.90 Å². The second-order valence-corrected chi connectivity index (χ2v) is 5.21. The van der Waals surface area contributed by atoms with Crippen LogP contribution in [0, 0.1) is 5.82 Å². The van der Waals surface area contributed by atoms with E-state index in [0.29, 0.717) is 18.7 Å². The van der Waals surface area contributed by atoms with Crippen LogP contribution in [0.15, 0.2) is 24.3 Å². The molecule has 1 amide bonds. The van der Waals surface area contributed by atoms with Crippen LogP contribution in [0.2, 0.25) is 0 Å². The fourth-order valence-electron chi connectivity index (χ4n) is 1.75. The molecule has 1 atom stereocenters. The van der Waals surface area contributed by atoms with Crippen LogP contribution < -0.4 is 0 Å². The molecule has 0 saturated carbocycles. The molecule has 5 heteroatoms. The molecule has 0 aliphatic heterocycles. The Hall–Kier alpha value is -1.23. The maximum Gasteiger partial charge on any atom is 0.224 e. The van der Waals surface area contributed by atoms with Gasteiger partial charge in [-0.25, -0.2) is 4.39 Å². The summed E-state index contributed by atoms with van der Waals surface area (Å²) < 4.78 is 12.8. The summed E-state index contributed by atoms with van der Waals surface area (Å²) in [6.45, 7) is 5.04. The Morgan fingerprint density at radius 1 is 1.21 bits per heavy atom. The van der Waals surface area contributed by atoms with Crippen LogP contribution in [-0.4, -0.2) is 34.5 Å². The zero-order valence-electron chi connectivity index (χ0n) is 11.0. The third-order valence-corrected chi connectivity index (χ3v) is 3.62. The Labute approximate surface area is 120 Å². The first-order chi connectivity index (χ1) is 8.99. The van der Waals surface area contributed by atoms with Crippen LogP contribution in [0.1, 0.15) is 30.6 Å². The fourth-order valence-corrected chi connectivity index (χ4v) is 2.29. The monoisotopic (exact) mass is 329 g/mol. The van der Waals surface area contributed by atoms with Gasteiger partial charge in [0.2, 0.25) is 5.91 Å². The molecule has 19 heavy (non-hydrogen) atoms. The summed E-state index contributed by atoms with van der Waals surface area (Å²) in [6, 6.07) is 5.32. The molecule has 0 heterocycles. The van der Waals surface area contributed by atoms with E-state index in [4.69, 9.17) is 0 Å². The van der Waals surface area contributed by atoms with Gasteiger partial charge in [-0.05, 0) is 38.1 Å². The Bertz CT molecular complexity index is 443. The zero-order valence-corrected chi connectivity index (χ0v) is 12.6.